The van der Waals surface area contributed by atoms with Crippen molar-refractivity contribution in [1.29, 1.82) is 0 Å². The quantitative estimate of drug-likeness (QED) is 0.0169. The number of aromatic nitrogens is 12. The van der Waals surface area contributed by atoms with Crippen molar-refractivity contribution >= 4 is 122 Å². The molecule has 8 aliphatic rings. The number of alkyl halides is 2. The fourth-order valence-corrected chi connectivity index (χ4v) is 14.7. The third-order valence-electron chi connectivity index (χ3n) is 19.3. The van der Waals surface area contributed by atoms with Crippen LogP contribution in [0.1, 0.15) is 135 Å². The van der Waals surface area contributed by atoms with Gasteiger partial charge in [0, 0.05) is 130 Å². The van der Waals surface area contributed by atoms with Crippen molar-refractivity contribution in [2.45, 2.75) is 174 Å². The molecule has 10 N–H and O–H groups in total. The number of β-amino-alcohol motifs (C(OH)–C–C–N with tert-alkyl or cyclic N) is 1. The molecule has 5 saturated carbocycles. The molecule has 5 aliphatic carbocycles. The van der Waals surface area contributed by atoms with Gasteiger partial charge in [0.15, 0.2) is 32.9 Å². The Balaban J connectivity index is 0.000000351. The van der Waals surface area contributed by atoms with Gasteiger partial charge in [-0.2, -0.15) is 15.3 Å². The zero-order valence-corrected chi connectivity index (χ0v) is 60.9. The van der Waals surface area contributed by atoms with Crippen LogP contribution in [-0.2, 0) is 19.1 Å². The highest BCUT2D eigenvalue weighted by atomic mass is 32.2. The lowest BCUT2D eigenvalue weighted by molar-refractivity contribution is -0.119. The maximum absolute atomic E-state index is 14.9. The Hall–Kier alpha value is -9.50. The predicted octanol–water partition coefficient (Wildman–Crippen LogP) is 17.5. The fraction of sp³-hybridized carbons (Fsp3) is 0.447. The van der Waals surface area contributed by atoms with Crippen LogP contribution in [0.25, 0.3) is 0 Å². The van der Waals surface area contributed by atoms with E-state index >= 15 is 0 Å². The summed E-state index contributed by atoms with van der Waals surface area (Å²) in [6.07, 6.45) is 11.4. The number of carbonyl (C=O) groups is 3. The lowest BCUT2D eigenvalue weighted by atomic mass is 9.88. The van der Waals surface area contributed by atoms with E-state index < -0.39 is 29.2 Å². The predicted molar refractivity (Wildman–Crippen MR) is 434 cm³/mol. The molecule has 3 amide bonds. The van der Waals surface area contributed by atoms with Crippen molar-refractivity contribution in [3.05, 3.63) is 126 Å². The Kier molecular flexibility index (Phi) is 24.0. The van der Waals surface area contributed by atoms with E-state index in [1.165, 1.54) is 42.4 Å². The minimum atomic E-state index is -2.88. The van der Waals surface area contributed by atoms with E-state index in [0.29, 0.717) is 91.6 Å². The van der Waals surface area contributed by atoms with E-state index in [0.717, 1.165) is 152 Å². The first-order valence-corrected chi connectivity index (χ1v) is 38.1. The number of hydrogen-bond acceptors (Lipinski definition) is 23. The van der Waals surface area contributed by atoms with Gasteiger partial charge >= 0.3 is 0 Å². The second-order valence-corrected chi connectivity index (χ2v) is 31.5. The van der Waals surface area contributed by atoms with E-state index in [1.807, 2.05) is 86.3 Å². The average Bonchev–Trinajstić information content (AvgIpc) is 1.37. The molecule has 6 aromatic heterocycles. The average molecular weight is 1550 g/mol. The zero-order chi connectivity index (χ0) is 72.6. The smallest absolute Gasteiger partial charge is 0.260 e. The largest absolute Gasteiger partial charge is 0.386 e. The number of rotatable bonds is 27. The molecule has 0 radical (unpaired) electrons. The SMILES string of the molecule is C.C.C.CCCCOC1(C2CC2)CN(c2cc(Nc3cc(C)[nH]n3)nc(Sc3ccc(NC(=O)C4CC4)cc3)n2)C1.Cc1cc(Nc2cc(N3CC(O)(C4CC4)C3)nc(Sc3ccc(NC(=O)C4CC4)cc3F)n2)n[nH]1.Cc1cc(Nc2cc(N3CCC3)nc(Sc3ccc(NC(=O)C4CC4(F)F)cc3)n2)n[nH]1.[HH].[HH].[HH].[HH].[HH].[HH].[HH].[HH]. The number of carbonyl (C=O) groups excluding carboxylic acids is 3. The Morgan fingerprint density at radius 3 is 1.34 bits per heavy atom. The number of H-pyrrole nitrogens is 3. The number of aryl methyl sites for hydroxylation is 3. The molecule has 108 heavy (non-hydrogen) atoms. The van der Waals surface area contributed by atoms with Crippen LogP contribution >= 0.6 is 35.3 Å². The Bertz CT molecular complexity index is 4670. The van der Waals surface area contributed by atoms with Gasteiger partial charge in [0.1, 0.15) is 57.8 Å². The van der Waals surface area contributed by atoms with E-state index in [1.54, 1.807) is 36.4 Å². The third kappa shape index (κ3) is 19.7. The molecule has 1 unspecified atom stereocenters. The number of amides is 3. The van der Waals surface area contributed by atoms with Crippen LogP contribution in [-0.4, -0.2) is 146 Å². The first kappa shape index (κ1) is 78.1. The van der Waals surface area contributed by atoms with Crippen LogP contribution in [0.4, 0.5) is 82.6 Å². The second-order valence-electron chi connectivity index (χ2n) is 28.4. The van der Waals surface area contributed by atoms with Gasteiger partial charge in [-0.3, -0.25) is 29.7 Å². The molecule has 9 heterocycles. The summed E-state index contributed by atoms with van der Waals surface area (Å²) < 4.78 is 47.4. The number of aliphatic hydroxyl groups is 1. The molecule has 26 nitrogen and oxygen atoms in total. The van der Waals surface area contributed by atoms with Crippen molar-refractivity contribution in [3.63, 3.8) is 0 Å². The molecule has 32 heteroatoms. The Morgan fingerprint density at radius 2 is 0.954 bits per heavy atom. The molecule has 588 valence electrons. The first-order valence-electron chi connectivity index (χ1n) is 35.7. The zero-order valence-electron chi connectivity index (χ0n) is 58.4. The number of unbranched alkanes of at least 4 members (excludes halogenated alkanes) is 1. The van der Waals surface area contributed by atoms with Gasteiger partial charge in [-0.05, 0) is 199 Å². The number of ether oxygens (including phenoxy) is 1. The lowest BCUT2D eigenvalue weighted by Crippen LogP contribution is -2.65. The summed E-state index contributed by atoms with van der Waals surface area (Å²) in [6.45, 7) is 13.5. The monoisotopic (exact) mass is 1550 g/mol. The molecule has 3 aliphatic heterocycles. The minimum absolute atomic E-state index is 0. The van der Waals surface area contributed by atoms with Gasteiger partial charge in [0.25, 0.3) is 5.92 Å². The number of nitrogens with zero attached hydrogens (tertiary/aromatic N) is 12. The molecule has 17 rings (SSSR count). The number of aromatic amines is 3. The number of hydrogen-bond donors (Lipinski definition) is 10. The number of halogens is 3. The maximum Gasteiger partial charge on any atom is 0.260 e. The summed E-state index contributed by atoms with van der Waals surface area (Å²) in [7, 11) is 0. The van der Waals surface area contributed by atoms with Gasteiger partial charge < -0.3 is 56.4 Å². The van der Waals surface area contributed by atoms with Gasteiger partial charge in [-0.1, -0.05) is 35.6 Å². The Labute approximate surface area is 651 Å². The molecule has 9 aromatic rings. The van der Waals surface area contributed by atoms with Crippen molar-refractivity contribution in [2.75, 3.05) is 92.5 Å². The lowest BCUT2D eigenvalue weighted by Gasteiger charge is -2.51. The van der Waals surface area contributed by atoms with Crippen molar-refractivity contribution in [3.8, 4) is 0 Å². The van der Waals surface area contributed by atoms with Crippen LogP contribution in [0.2, 0.25) is 0 Å². The highest BCUT2D eigenvalue weighted by Gasteiger charge is 2.61. The Morgan fingerprint density at radius 1 is 0.537 bits per heavy atom. The first-order chi connectivity index (χ1) is 50.7. The maximum atomic E-state index is 14.9. The van der Waals surface area contributed by atoms with Gasteiger partial charge in [0.2, 0.25) is 17.7 Å². The standard InChI is InChI=1S/C28H35N7O2S.C24H26FN7O2S.C21H21F2N7OS.3CH4.8H2/c1-3-4-13-37-28(20-7-8-20)16-35(17-28)25-15-23(30-24-14-18(2)33-34-24)31-27(32-25)38-22-11-9-21(10-12-22)29-26(36)19-5-6-19;1-13-8-20(31-30-13)27-19-10-21(32-11-24(34,12-32)15-4-5-15)29-23(28-19)35-18-7-6-16(9-17(18)25)26-22(33)14-2-3-14;1-12-9-17(29-28-12)25-16-10-18(30-7-2-8-30)27-20(26-16)32-14-5-3-13(4-6-14)24-19(31)15-11-21(15,22)23;;;;;;;;;;;/h9-12,14-15,19-20H,3-8,13,16-17H2,1-2H3,(H,29,36)(H2,30,31,32,33,34);6-10,14-15,34H,2-5,11-12H2,1H3,(H,26,33)(H2,27,28,29,30,31);3-6,9-10,15H,2,7-8,11H2,1H3,(H,24,31)(H2,25,26,27,28,29);3*1H4;8*1H. The van der Waals surface area contributed by atoms with Gasteiger partial charge in [-0.15, -0.1) is 0 Å². The number of benzene rings is 3. The van der Waals surface area contributed by atoms with Crippen LogP contribution in [0.3, 0.4) is 0 Å². The van der Waals surface area contributed by atoms with Gasteiger partial charge in [0.05, 0.1) is 31.1 Å². The van der Waals surface area contributed by atoms with E-state index in [9.17, 15) is 32.7 Å². The molecule has 0 spiro atoms. The summed E-state index contributed by atoms with van der Waals surface area (Å²) in [4.78, 5) is 72.8. The van der Waals surface area contributed by atoms with Crippen molar-refractivity contribution in [2.24, 2.45) is 29.6 Å². The highest BCUT2D eigenvalue weighted by molar-refractivity contribution is 7.99. The molecule has 3 saturated heterocycles. The second kappa shape index (κ2) is 33.1. The molecule has 1 atom stereocenters. The van der Waals surface area contributed by atoms with Crippen molar-refractivity contribution < 1.29 is 48.8 Å². The van der Waals surface area contributed by atoms with Crippen molar-refractivity contribution in [1.82, 2.24) is 60.5 Å². The van der Waals surface area contributed by atoms with E-state index in [2.05, 4.69) is 99.2 Å². The molecule has 0 bridgehead atoms. The molecule has 8 fully saturated rings. The molecule has 3 aromatic carbocycles. The molecular formula is C76H110F3N21O5S3. The van der Waals surface area contributed by atoms with Gasteiger partial charge in [-0.25, -0.2) is 43.1 Å². The summed E-state index contributed by atoms with van der Waals surface area (Å²) in [6, 6.07) is 30.9. The number of nitrogens with one attached hydrogen (secondary N) is 9. The van der Waals surface area contributed by atoms with Crippen LogP contribution in [0.5, 0.6) is 0 Å². The topological polar surface area (TPSA) is 326 Å². The van der Waals surface area contributed by atoms with Crippen LogP contribution < -0.4 is 46.6 Å². The normalized spacial score (nSPS) is 18.0. The minimum Gasteiger partial charge on any atom is -0.386 e. The third-order valence-corrected chi connectivity index (χ3v) is 21.9. The highest BCUT2D eigenvalue weighted by Crippen LogP contribution is 2.51. The summed E-state index contributed by atoms with van der Waals surface area (Å²) in [5.74, 6) is 2.38. The number of anilines is 12. The van der Waals surface area contributed by atoms with E-state index in [-0.39, 0.29) is 69.4 Å². The van der Waals surface area contributed by atoms with E-state index in [4.69, 9.17) is 14.7 Å². The summed E-state index contributed by atoms with van der Waals surface area (Å²) in [5.41, 5.74) is 3.87. The van der Waals surface area contributed by atoms with Crippen LogP contribution in [0, 0.1) is 56.2 Å². The molecular weight excluding hydrogens is 1440 g/mol. The van der Waals surface area contributed by atoms with Crippen LogP contribution in [0.15, 0.2) is 133 Å². The fourth-order valence-electron chi connectivity index (χ4n) is 12.4. The summed E-state index contributed by atoms with van der Waals surface area (Å²) >= 11 is 3.99. The summed E-state index contributed by atoms with van der Waals surface area (Å²) in [5, 5.41) is 51.8.